The van der Waals surface area contributed by atoms with E-state index in [0.717, 1.165) is 0 Å². The Hall–Kier alpha value is -2.89. The van der Waals surface area contributed by atoms with Crippen molar-refractivity contribution in [3.63, 3.8) is 0 Å². The first-order valence-corrected chi connectivity index (χ1v) is 8.76. The average molecular weight is 449 g/mol. The van der Waals surface area contributed by atoms with Crippen LogP contribution in [0.1, 0.15) is 11.1 Å². The Balaban J connectivity index is 2.07. The van der Waals surface area contributed by atoms with Crippen molar-refractivity contribution >= 4 is 39.3 Å². The minimum atomic E-state index is -0.477. The quantitative estimate of drug-likeness (QED) is 0.615. The summed E-state index contributed by atoms with van der Waals surface area (Å²) < 4.78 is 20.5. The molecule has 1 aromatic heterocycles. The van der Waals surface area contributed by atoms with Gasteiger partial charge in [-0.3, -0.25) is 0 Å². The van der Waals surface area contributed by atoms with Crippen molar-refractivity contribution in [1.82, 2.24) is 9.97 Å². The molecule has 0 saturated heterocycles. The summed E-state index contributed by atoms with van der Waals surface area (Å²) in [7, 11) is 0. The predicted octanol–water partition coefficient (Wildman–Crippen LogP) is 4.31. The lowest BCUT2D eigenvalue weighted by molar-refractivity contribution is 0.301. The molecule has 0 amide bonds. The molecule has 27 heavy (non-hydrogen) atoms. The topological polar surface area (TPSA) is 111 Å². The molecule has 6 nitrogen and oxygen atoms in total. The van der Waals surface area contributed by atoms with Gasteiger partial charge in [0.15, 0.2) is 0 Å². The summed E-state index contributed by atoms with van der Waals surface area (Å²) in [5.74, 6) is -0.242. The molecule has 0 unspecified atom stereocenters. The van der Waals surface area contributed by atoms with Gasteiger partial charge in [-0.15, -0.1) is 0 Å². The molecule has 3 rings (SSSR count). The highest BCUT2D eigenvalue weighted by molar-refractivity contribution is 9.10. The summed E-state index contributed by atoms with van der Waals surface area (Å²) in [5.41, 5.74) is 12.4. The number of rotatable bonds is 4. The Morgan fingerprint density at radius 1 is 1.22 bits per heavy atom. The molecule has 0 fully saturated rings. The Bertz CT molecular complexity index is 1050. The number of aromatic nitrogens is 2. The molecule has 136 valence electrons. The predicted molar refractivity (Wildman–Crippen MR) is 104 cm³/mol. The highest BCUT2D eigenvalue weighted by Crippen LogP contribution is 2.36. The van der Waals surface area contributed by atoms with E-state index in [2.05, 4.69) is 25.9 Å². The second-order valence-electron chi connectivity index (χ2n) is 5.43. The molecule has 0 aliphatic heterocycles. The number of nitrogen functional groups attached to an aromatic ring is 2. The maximum atomic E-state index is 14.0. The third-order valence-corrected chi connectivity index (χ3v) is 4.54. The maximum absolute atomic E-state index is 14.0. The third-order valence-electron chi connectivity index (χ3n) is 3.70. The van der Waals surface area contributed by atoms with Crippen LogP contribution in [0.2, 0.25) is 5.02 Å². The molecule has 0 atom stereocenters. The van der Waals surface area contributed by atoms with Crippen LogP contribution < -0.4 is 16.2 Å². The van der Waals surface area contributed by atoms with E-state index in [1.165, 1.54) is 12.1 Å². The lowest BCUT2D eigenvalue weighted by Gasteiger charge is -2.14. The Morgan fingerprint density at radius 2 is 2.00 bits per heavy atom. The zero-order valence-electron chi connectivity index (χ0n) is 13.7. The number of nitriles is 1. The molecule has 0 aliphatic rings. The van der Waals surface area contributed by atoms with Gasteiger partial charge in [0.1, 0.15) is 35.6 Å². The molecule has 0 spiro atoms. The van der Waals surface area contributed by atoms with Crippen molar-refractivity contribution in [1.29, 1.82) is 5.26 Å². The zero-order valence-corrected chi connectivity index (χ0v) is 16.1. The molecule has 3 aromatic rings. The first-order valence-electron chi connectivity index (χ1n) is 7.59. The fourth-order valence-electron chi connectivity index (χ4n) is 2.43. The second kappa shape index (κ2) is 7.78. The molecule has 0 saturated carbocycles. The Kier molecular flexibility index (Phi) is 5.44. The zero-order chi connectivity index (χ0) is 19.6. The van der Waals surface area contributed by atoms with Gasteiger partial charge >= 0.3 is 0 Å². The van der Waals surface area contributed by atoms with E-state index in [1.54, 1.807) is 24.3 Å². The Morgan fingerprint density at radius 3 is 2.70 bits per heavy atom. The lowest BCUT2D eigenvalue weighted by atomic mass is 10.1. The van der Waals surface area contributed by atoms with Crippen molar-refractivity contribution < 1.29 is 9.13 Å². The van der Waals surface area contributed by atoms with Gasteiger partial charge in [-0.2, -0.15) is 10.2 Å². The van der Waals surface area contributed by atoms with Gasteiger partial charge < -0.3 is 16.2 Å². The smallest absolute Gasteiger partial charge is 0.222 e. The van der Waals surface area contributed by atoms with E-state index < -0.39 is 5.82 Å². The Labute approximate surface area is 167 Å². The van der Waals surface area contributed by atoms with Crippen molar-refractivity contribution in [2.24, 2.45) is 0 Å². The second-order valence-corrected chi connectivity index (χ2v) is 6.75. The molecule has 0 bridgehead atoms. The van der Waals surface area contributed by atoms with Crippen molar-refractivity contribution in [3.8, 4) is 23.1 Å². The minimum Gasteiger partial charge on any atom is -0.488 e. The highest BCUT2D eigenvalue weighted by atomic mass is 79.9. The number of hydrogen-bond acceptors (Lipinski definition) is 6. The highest BCUT2D eigenvalue weighted by Gasteiger charge is 2.18. The molecule has 1 heterocycles. The summed E-state index contributed by atoms with van der Waals surface area (Å²) in [5, 5.41) is 9.67. The first-order chi connectivity index (χ1) is 12.9. The van der Waals surface area contributed by atoms with Crippen LogP contribution in [0, 0.1) is 17.1 Å². The van der Waals surface area contributed by atoms with Gasteiger partial charge in [0, 0.05) is 15.6 Å². The van der Waals surface area contributed by atoms with E-state index >= 15 is 0 Å². The van der Waals surface area contributed by atoms with Crippen LogP contribution in [0.5, 0.6) is 5.75 Å². The van der Waals surface area contributed by atoms with Crippen molar-refractivity contribution in [3.05, 3.63) is 62.8 Å². The SMILES string of the molecule is N#Cc1c(N)nc(N)nc1-c1cc(Br)ccc1OCc1c(F)cccc1Cl. The van der Waals surface area contributed by atoms with Gasteiger partial charge in [0.2, 0.25) is 5.95 Å². The third kappa shape index (κ3) is 3.94. The number of hydrogen-bond donors (Lipinski definition) is 2. The molecule has 0 radical (unpaired) electrons. The van der Waals surface area contributed by atoms with Crippen molar-refractivity contribution in [2.45, 2.75) is 6.61 Å². The number of nitrogens with zero attached hydrogens (tertiary/aromatic N) is 3. The first kappa shape index (κ1) is 18.9. The standard InChI is InChI=1S/C18H12BrClFN5O/c19-9-4-5-15(27-8-12-13(20)2-1-3-14(12)21)10(6-9)16-11(7-22)17(23)26-18(24)25-16/h1-6H,8H2,(H4,23,24,25,26). The number of halogens is 3. The summed E-state index contributed by atoms with van der Waals surface area (Å²) in [6.45, 7) is -0.113. The molecule has 0 aliphatic carbocycles. The van der Waals surface area contributed by atoms with Gasteiger partial charge in [-0.05, 0) is 30.3 Å². The molecule has 4 N–H and O–H groups in total. The number of benzene rings is 2. The van der Waals surface area contributed by atoms with Crippen LogP contribution >= 0.6 is 27.5 Å². The van der Waals surface area contributed by atoms with E-state index in [0.29, 0.717) is 15.8 Å². The fourth-order valence-corrected chi connectivity index (χ4v) is 3.01. The van der Waals surface area contributed by atoms with Crippen molar-refractivity contribution in [2.75, 3.05) is 11.5 Å². The largest absolute Gasteiger partial charge is 0.488 e. The van der Waals surface area contributed by atoms with Gasteiger partial charge in [-0.25, -0.2) is 9.37 Å². The minimum absolute atomic E-state index is 0.0388. The van der Waals surface area contributed by atoms with E-state index in [4.69, 9.17) is 27.8 Å². The van der Waals surface area contributed by atoms with Crippen LogP contribution in [0.4, 0.5) is 16.2 Å². The van der Waals surface area contributed by atoms with Gasteiger partial charge in [-0.1, -0.05) is 33.6 Å². The van der Waals surface area contributed by atoms with Crippen LogP contribution in [0.25, 0.3) is 11.3 Å². The van der Waals surface area contributed by atoms with Crippen LogP contribution in [0.3, 0.4) is 0 Å². The lowest BCUT2D eigenvalue weighted by Crippen LogP contribution is -2.06. The molecule has 2 aromatic carbocycles. The number of ether oxygens (including phenoxy) is 1. The number of nitrogens with two attached hydrogens (primary N) is 2. The average Bonchev–Trinajstić information content (AvgIpc) is 2.61. The molecular formula is C18H12BrClFN5O. The summed E-state index contributed by atoms with van der Waals surface area (Å²) in [6, 6.07) is 11.4. The van der Waals surface area contributed by atoms with E-state index in [9.17, 15) is 9.65 Å². The van der Waals surface area contributed by atoms with Crippen LogP contribution in [-0.4, -0.2) is 9.97 Å². The van der Waals surface area contributed by atoms with E-state index in [-0.39, 0.29) is 40.2 Å². The maximum Gasteiger partial charge on any atom is 0.222 e. The fraction of sp³-hybridized carbons (Fsp3) is 0.0556. The van der Waals surface area contributed by atoms with E-state index in [1.807, 2.05) is 6.07 Å². The molecule has 9 heteroatoms. The number of anilines is 2. The normalized spacial score (nSPS) is 10.4. The van der Waals surface area contributed by atoms with Gasteiger partial charge in [0.25, 0.3) is 0 Å². The van der Waals surface area contributed by atoms with Crippen LogP contribution in [0.15, 0.2) is 40.9 Å². The summed E-state index contributed by atoms with van der Waals surface area (Å²) in [6.07, 6.45) is 0. The molecular weight excluding hydrogens is 437 g/mol. The monoisotopic (exact) mass is 447 g/mol. The summed E-state index contributed by atoms with van der Waals surface area (Å²) in [4.78, 5) is 7.93. The summed E-state index contributed by atoms with van der Waals surface area (Å²) >= 11 is 9.41. The van der Waals surface area contributed by atoms with Gasteiger partial charge in [0.05, 0.1) is 10.7 Å². The van der Waals surface area contributed by atoms with Crippen LogP contribution in [-0.2, 0) is 6.61 Å².